The summed E-state index contributed by atoms with van der Waals surface area (Å²) in [5.41, 5.74) is 3.28. The summed E-state index contributed by atoms with van der Waals surface area (Å²) in [7, 11) is 0. The smallest absolute Gasteiger partial charge is 0.257 e. The molecule has 0 radical (unpaired) electrons. The molecule has 0 saturated carbocycles. The van der Waals surface area contributed by atoms with Crippen molar-refractivity contribution in [2.45, 2.75) is 0 Å². The number of hydrogen-bond acceptors (Lipinski definition) is 6. The Labute approximate surface area is 160 Å². The first-order valence-corrected chi connectivity index (χ1v) is 9.47. The lowest BCUT2D eigenvalue weighted by atomic mass is 10.2. The summed E-state index contributed by atoms with van der Waals surface area (Å²) < 4.78 is 8.32. The number of nitrogens with one attached hydrogen (secondary N) is 1. The van der Waals surface area contributed by atoms with Crippen LogP contribution in [0.1, 0.15) is 10.4 Å². The van der Waals surface area contributed by atoms with Crippen molar-refractivity contribution >= 4 is 51.7 Å². The lowest BCUT2D eigenvalue weighted by Gasteiger charge is -2.37. The van der Waals surface area contributed by atoms with Gasteiger partial charge >= 0.3 is 0 Å². The normalized spacial score (nSPS) is 14.5. The Morgan fingerprint density at radius 2 is 1.73 bits per heavy atom. The van der Waals surface area contributed by atoms with Gasteiger partial charge in [-0.25, -0.2) is 0 Å². The van der Waals surface area contributed by atoms with Crippen molar-refractivity contribution in [1.29, 1.82) is 0 Å². The number of piperazine rings is 1. The minimum absolute atomic E-state index is 0.213. The highest BCUT2D eigenvalue weighted by Crippen LogP contribution is 2.16. The van der Waals surface area contributed by atoms with Crippen molar-refractivity contribution in [1.82, 2.24) is 19.0 Å². The Balaban J connectivity index is 1.35. The molecule has 26 heavy (non-hydrogen) atoms. The number of hydrogen-bond donors (Lipinski definition) is 1. The number of nitrogens with zero attached hydrogens (tertiary/aromatic N) is 4. The van der Waals surface area contributed by atoms with Crippen LogP contribution in [0.4, 0.5) is 5.69 Å². The van der Waals surface area contributed by atoms with Crippen molar-refractivity contribution in [2.24, 2.45) is 0 Å². The van der Waals surface area contributed by atoms with Crippen LogP contribution in [-0.2, 0) is 0 Å². The van der Waals surface area contributed by atoms with Gasteiger partial charge in [0, 0.05) is 37.4 Å². The number of carbonyl (C=O) groups is 1. The van der Waals surface area contributed by atoms with Crippen LogP contribution in [-0.4, -0.2) is 50.8 Å². The number of para-hydroxylation sites is 1. The average molecular weight is 384 g/mol. The van der Waals surface area contributed by atoms with E-state index in [0.717, 1.165) is 48.9 Å². The van der Waals surface area contributed by atoms with Crippen LogP contribution >= 0.6 is 23.9 Å². The summed E-state index contributed by atoms with van der Waals surface area (Å²) in [6, 6.07) is 15.6. The van der Waals surface area contributed by atoms with E-state index in [1.54, 1.807) is 18.2 Å². The zero-order valence-corrected chi connectivity index (χ0v) is 15.6. The molecule has 1 saturated heterocycles. The topological polar surface area (TPSA) is 61.4 Å². The van der Waals surface area contributed by atoms with E-state index in [9.17, 15) is 4.79 Å². The Bertz CT molecular complexity index is 935. The number of aromatic nitrogens is 2. The zero-order chi connectivity index (χ0) is 17.9. The van der Waals surface area contributed by atoms with Crippen LogP contribution < -0.4 is 10.2 Å². The summed E-state index contributed by atoms with van der Waals surface area (Å²) in [6.45, 7) is 3.30. The fourth-order valence-corrected chi connectivity index (χ4v) is 3.77. The van der Waals surface area contributed by atoms with Gasteiger partial charge < -0.3 is 9.80 Å². The fourth-order valence-electron chi connectivity index (χ4n) is 2.98. The molecule has 1 aliphatic rings. The largest absolute Gasteiger partial charge is 0.368 e. The summed E-state index contributed by atoms with van der Waals surface area (Å²) in [6.07, 6.45) is 0. The molecule has 6 nitrogen and oxygen atoms in total. The van der Waals surface area contributed by atoms with E-state index in [1.165, 1.54) is 5.69 Å². The second kappa shape index (κ2) is 7.35. The number of benzene rings is 2. The third-order valence-electron chi connectivity index (χ3n) is 4.42. The van der Waals surface area contributed by atoms with Gasteiger partial charge in [-0.2, -0.15) is 8.75 Å². The standard InChI is InChI=1S/C18H17N5OS2/c24-17(13-6-7-15-16(12-13)21-26-20-15)19-18(25)23-10-8-22(9-11-23)14-4-2-1-3-5-14/h1-7,12H,8-11H2,(H,19,24,25). The zero-order valence-electron chi connectivity index (χ0n) is 14.0. The van der Waals surface area contributed by atoms with E-state index in [1.807, 2.05) is 23.1 Å². The van der Waals surface area contributed by atoms with Crippen LogP contribution in [0.25, 0.3) is 11.0 Å². The van der Waals surface area contributed by atoms with Crippen molar-refractivity contribution in [2.75, 3.05) is 31.1 Å². The lowest BCUT2D eigenvalue weighted by Crippen LogP contribution is -2.52. The van der Waals surface area contributed by atoms with E-state index in [2.05, 4.69) is 31.1 Å². The second-order valence-electron chi connectivity index (χ2n) is 6.04. The molecule has 1 amide bonds. The minimum atomic E-state index is -0.213. The molecule has 0 unspecified atom stereocenters. The molecular weight excluding hydrogens is 366 g/mol. The molecule has 8 heteroatoms. The van der Waals surface area contributed by atoms with E-state index in [4.69, 9.17) is 12.2 Å². The number of amides is 1. The predicted molar refractivity (Wildman–Crippen MR) is 108 cm³/mol. The third-order valence-corrected chi connectivity index (χ3v) is 5.34. The van der Waals surface area contributed by atoms with Crippen molar-refractivity contribution in [3.05, 3.63) is 54.1 Å². The number of rotatable bonds is 2. The average Bonchev–Trinajstić information content (AvgIpc) is 3.16. The molecule has 1 N–H and O–H groups in total. The highest BCUT2D eigenvalue weighted by atomic mass is 32.1. The van der Waals surface area contributed by atoms with Crippen LogP contribution in [0.5, 0.6) is 0 Å². The van der Waals surface area contributed by atoms with Gasteiger partial charge in [0.25, 0.3) is 5.91 Å². The second-order valence-corrected chi connectivity index (χ2v) is 6.95. The van der Waals surface area contributed by atoms with Gasteiger partial charge in [0.15, 0.2) is 5.11 Å². The maximum atomic E-state index is 12.5. The summed E-state index contributed by atoms with van der Waals surface area (Å²) in [5.74, 6) is -0.213. The molecule has 2 aromatic carbocycles. The van der Waals surface area contributed by atoms with Crippen LogP contribution in [0.15, 0.2) is 48.5 Å². The van der Waals surface area contributed by atoms with Crippen molar-refractivity contribution < 1.29 is 4.79 Å². The maximum absolute atomic E-state index is 12.5. The monoisotopic (exact) mass is 383 g/mol. The van der Waals surface area contributed by atoms with E-state index < -0.39 is 0 Å². The Morgan fingerprint density at radius 3 is 2.50 bits per heavy atom. The number of carbonyl (C=O) groups excluding carboxylic acids is 1. The van der Waals surface area contributed by atoms with Gasteiger partial charge in [-0.3, -0.25) is 10.1 Å². The molecule has 1 fully saturated rings. The highest BCUT2D eigenvalue weighted by molar-refractivity contribution is 7.80. The van der Waals surface area contributed by atoms with Gasteiger partial charge in [-0.05, 0) is 42.5 Å². The first-order chi connectivity index (χ1) is 12.7. The molecule has 1 aliphatic heterocycles. The molecule has 0 atom stereocenters. The Kier molecular flexibility index (Phi) is 4.77. The molecule has 0 spiro atoms. The SMILES string of the molecule is O=C(NC(=S)N1CCN(c2ccccc2)CC1)c1ccc2nsnc2c1. The predicted octanol–water partition coefficient (Wildman–Crippen LogP) is 2.53. The third kappa shape index (κ3) is 3.51. The first-order valence-electron chi connectivity index (χ1n) is 8.33. The quantitative estimate of drug-likeness (QED) is 0.686. The Morgan fingerprint density at radius 1 is 1.00 bits per heavy atom. The summed E-state index contributed by atoms with van der Waals surface area (Å²) >= 11 is 6.57. The molecule has 4 rings (SSSR count). The summed E-state index contributed by atoms with van der Waals surface area (Å²) in [4.78, 5) is 16.8. The lowest BCUT2D eigenvalue weighted by molar-refractivity contribution is 0.0973. The van der Waals surface area contributed by atoms with E-state index in [0.29, 0.717) is 10.7 Å². The van der Waals surface area contributed by atoms with Crippen LogP contribution in [0, 0.1) is 0 Å². The minimum Gasteiger partial charge on any atom is -0.368 e. The molecule has 0 bridgehead atoms. The molecule has 2 heterocycles. The first kappa shape index (κ1) is 16.9. The van der Waals surface area contributed by atoms with Gasteiger partial charge in [0.05, 0.1) is 11.7 Å². The van der Waals surface area contributed by atoms with Crippen molar-refractivity contribution in [3.63, 3.8) is 0 Å². The summed E-state index contributed by atoms with van der Waals surface area (Å²) in [5, 5.41) is 3.30. The molecule has 1 aromatic heterocycles. The maximum Gasteiger partial charge on any atom is 0.257 e. The highest BCUT2D eigenvalue weighted by Gasteiger charge is 2.20. The number of thiocarbonyl (C=S) groups is 1. The number of anilines is 1. The molecular formula is C18H17N5OS2. The van der Waals surface area contributed by atoms with Crippen molar-refractivity contribution in [3.8, 4) is 0 Å². The Hall–Kier alpha value is -2.58. The van der Waals surface area contributed by atoms with Gasteiger partial charge in [-0.1, -0.05) is 18.2 Å². The molecule has 132 valence electrons. The van der Waals surface area contributed by atoms with E-state index in [-0.39, 0.29) is 5.91 Å². The van der Waals surface area contributed by atoms with Gasteiger partial charge in [0.2, 0.25) is 0 Å². The van der Waals surface area contributed by atoms with Gasteiger partial charge in [0.1, 0.15) is 11.0 Å². The fraction of sp³-hybridized carbons (Fsp3) is 0.222. The number of fused-ring (bicyclic) bond motifs is 1. The van der Waals surface area contributed by atoms with Crippen LogP contribution in [0.3, 0.4) is 0 Å². The van der Waals surface area contributed by atoms with Gasteiger partial charge in [-0.15, -0.1) is 0 Å². The van der Waals surface area contributed by atoms with E-state index >= 15 is 0 Å². The molecule has 0 aliphatic carbocycles. The molecule has 3 aromatic rings. The van der Waals surface area contributed by atoms with Crippen LogP contribution in [0.2, 0.25) is 0 Å².